The zero-order valence-electron chi connectivity index (χ0n) is 18.1. The van der Waals surface area contributed by atoms with Gasteiger partial charge in [0.25, 0.3) is 11.6 Å². The highest BCUT2D eigenvalue weighted by atomic mass is 32.2. The van der Waals surface area contributed by atoms with Crippen molar-refractivity contribution in [3.63, 3.8) is 0 Å². The molecular weight excluding hydrogens is 434 g/mol. The van der Waals surface area contributed by atoms with Crippen molar-refractivity contribution in [1.82, 2.24) is 19.5 Å². The van der Waals surface area contributed by atoms with Gasteiger partial charge in [0.1, 0.15) is 0 Å². The van der Waals surface area contributed by atoms with Gasteiger partial charge in [-0.25, -0.2) is 4.98 Å². The molecule has 33 heavy (non-hydrogen) atoms. The molecule has 2 aromatic heterocycles. The van der Waals surface area contributed by atoms with E-state index in [9.17, 15) is 4.79 Å². The van der Waals surface area contributed by atoms with E-state index in [2.05, 4.69) is 63.3 Å². The lowest BCUT2D eigenvalue weighted by Gasteiger charge is -2.26. The van der Waals surface area contributed by atoms with Crippen molar-refractivity contribution in [2.24, 2.45) is 0 Å². The number of carbonyl (C=O) groups excluding carboxylic acids is 1. The van der Waals surface area contributed by atoms with Crippen molar-refractivity contribution in [3.05, 3.63) is 84.1 Å². The molecular formula is C25H24N5O2S+. The number of aromatic nitrogens is 4. The summed E-state index contributed by atoms with van der Waals surface area (Å²) in [4.78, 5) is 20.8. The molecule has 2 aromatic carbocycles. The number of rotatable bonds is 4. The summed E-state index contributed by atoms with van der Waals surface area (Å²) in [6, 6.07) is 16.9. The maximum Gasteiger partial charge on any atom is 0.276 e. The minimum Gasteiger partial charge on any atom is -0.378 e. The number of benzene rings is 2. The molecule has 1 fully saturated rings. The van der Waals surface area contributed by atoms with Crippen molar-refractivity contribution in [3.8, 4) is 16.9 Å². The molecule has 0 spiro atoms. The molecule has 2 aliphatic heterocycles. The van der Waals surface area contributed by atoms with E-state index in [4.69, 9.17) is 4.74 Å². The van der Waals surface area contributed by atoms with Gasteiger partial charge in [0, 0.05) is 54.8 Å². The first-order chi connectivity index (χ1) is 16.3. The maximum absolute atomic E-state index is 13.5. The van der Waals surface area contributed by atoms with Crippen molar-refractivity contribution in [1.29, 1.82) is 0 Å². The monoisotopic (exact) mass is 458 g/mol. The largest absolute Gasteiger partial charge is 0.378 e. The number of ether oxygens (including phenoxy) is 1. The lowest BCUT2D eigenvalue weighted by Crippen LogP contribution is -2.42. The summed E-state index contributed by atoms with van der Waals surface area (Å²) in [5.41, 5.74) is 6.14. The van der Waals surface area contributed by atoms with Gasteiger partial charge < -0.3 is 14.2 Å². The second-order valence-electron chi connectivity index (χ2n) is 8.24. The van der Waals surface area contributed by atoms with Gasteiger partial charge in [0.15, 0.2) is 5.69 Å². The number of hydrogen-bond donors (Lipinski definition) is 1. The Balaban J connectivity index is 1.47. The van der Waals surface area contributed by atoms with Crippen LogP contribution in [0.5, 0.6) is 0 Å². The number of thioether (sulfide) groups is 1. The molecule has 6 rings (SSSR count). The molecule has 1 N–H and O–H groups in total. The Morgan fingerprint density at radius 1 is 1.15 bits per heavy atom. The minimum absolute atomic E-state index is 0.0443. The van der Waals surface area contributed by atoms with E-state index in [1.165, 1.54) is 10.5 Å². The molecule has 4 aromatic rings. The van der Waals surface area contributed by atoms with Crippen LogP contribution in [0.15, 0.2) is 72.1 Å². The van der Waals surface area contributed by atoms with Gasteiger partial charge in [-0.3, -0.25) is 4.79 Å². The summed E-state index contributed by atoms with van der Waals surface area (Å²) in [6.07, 6.45) is 5.57. The molecule has 1 saturated heterocycles. The second-order valence-corrected chi connectivity index (χ2v) is 9.26. The number of nitrogens with one attached hydrogen (secondary N) is 1. The highest BCUT2D eigenvalue weighted by molar-refractivity contribution is 7.98. The van der Waals surface area contributed by atoms with Crippen LogP contribution < -0.4 is 4.68 Å². The SMILES string of the molecule is O=C(c1[nH][n+](-c2cccc(Cn3ccnc3)c2)c2c1CSc1ccccc1-2)N1CCOCC1. The summed E-state index contributed by atoms with van der Waals surface area (Å²) in [5.74, 6) is 0.804. The standard InChI is InChI=1S/C25H23N5O2S/c31-25(29-10-12-32-13-11-29)23-21-16-33-22-7-2-1-6-20(22)24(21)30(27-23)19-5-3-4-18(14-19)15-28-9-8-26-17-28/h1-9,14,17H,10-13,15-16H2/p+1. The van der Waals surface area contributed by atoms with E-state index in [0.29, 0.717) is 32.0 Å². The van der Waals surface area contributed by atoms with Crippen LogP contribution >= 0.6 is 11.8 Å². The average molecular weight is 459 g/mol. The number of aromatic amines is 1. The van der Waals surface area contributed by atoms with Gasteiger partial charge in [0.05, 0.1) is 30.7 Å². The lowest BCUT2D eigenvalue weighted by molar-refractivity contribution is -0.644. The van der Waals surface area contributed by atoms with Crippen molar-refractivity contribution in [2.45, 2.75) is 17.2 Å². The van der Waals surface area contributed by atoms with Crippen LogP contribution in [-0.2, 0) is 17.0 Å². The fourth-order valence-corrected chi connectivity index (χ4v) is 5.61. The number of amides is 1. The van der Waals surface area contributed by atoms with Crippen LogP contribution in [0.2, 0.25) is 0 Å². The molecule has 0 atom stereocenters. The minimum atomic E-state index is 0.0443. The smallest absolute Gasteiger partial charge is 0.276 e. The van der Waals surface area contributed by atoms with Crippen LogP contribution in [0.1, 0.15) is 21.6 Å². The first-order valence-corrected chi connectivity index (χ1v) is 12.1. The van der Waals surface area contributed by atoms with Crippen LogP contribution in [0, 0.1) is 0 Å². The Kier molecular flexibility index (Phi) is 5.24. The molecule has 0 saturated carbocycles. The fourth-order valence-electron chi connectivity index (χ4n) is 4.53. The third kappa shape index (κ3) is 3.75. The summed E-state index contributed by atoms with van der Waals surface area (Å²) in [7, 11) is 0. The van der Waals surface area contributed by atoms with Crippen molar-refractivity contribution < 1.29 is 14.2 Å². The topological polar surface area (TPSA) is 67.0 Å². The molecule has 7 nitrogen and oxygen atoms in total. The summed E-state index contributed by atoms with van der Waals surface area (Å²) < 4.78 is 9.59. The maximum atomic E-state index is 13.5. The zero-order chi connectivity index (χ0) is 22.2. The van der Waals surface area contributed by atoms with Crippen molar-refractivity contribution in [2.75, 3.05) is 26.3 Å². The predicted molar refractivity (Wildman–Crippen MR) is 125 cm³/mol. The lowest BCUT2D eigenvalue weighted by atomic mass is 10.0. The first kappa shape index (κ1) is 20.3. The molecule has 0 unspecified atom stereocenters. The number of fused-ring (bicyclic) bond motifs is 3. The molecule has 166 valence electrons. The number of morpholine rings is 1. The highest BCUT2D eigenvalue weighted by Crippen LogP contribution is 2.41. The average Bonchev–Trinajstić information content (AvgIpc) is 3.52. The number of H-pyrrole nitrogens is 1. The number of carbonyl (C=O) groups is 1. The summed E-state index contributed by atoms with van der Waals surface area (Å²) in [6.45, 7) is 3.15. The molecule has 2 aliphatic rings. The molecule has 0 aliphatic carbocycles. The van der Waals surface area contributed by atoms with Crippen LogP contribution in [0.3, 0.4) is 0 Å². The van der Waals surface area contributed by atoms with Gasteiger partial charge in [-0.2, -0.15) is 5.10 Å². The normalized spacial score (nSPS) is 15.2. The van der Waals surface area contributed by atoms with E-state index in [1.807, 2.05) is 22.0 Å². The van der Waals surface area contributed by atoms with Crippen molar-refractivity contribution >= 4 is 17.7 Å². The Morgan fingerprint density at radius 3 is 2.88 bits per heavy atom. The number of imidazole rings is 1. The zero-order valence-corrected chi connectivity index (χ0v) is 18.9. The van der Waals surface area contributed by atoms with Gasteiger partial charge in [-0.05, 0) is 17.7 Å². The van der Waals surface area contributed by atoms with Crippen LogP contribution in [-0.4, -0.2) is 51.8 Å². The van der Waals surface area contributed by atoms with Crippen LogP contribution in [0.4, 0.5) is 0 Å². The highest BCUT2D eigenvalue weighted by Gasteiger charge is 2.37. The third-order valence-corrected chi connectivity index (χ3v) is 7.25. The predicted octanol–water partition coefficient (Wildman–Crippen LogP) is 3.28. The Labute approximate surface area is 196 Å². The quantitative estimate of drug-likeness (QED) is 0.477. The number of nitrogens with zero attached hydrogens (tertiary/aromatic N) is 4. The Morgan fingerprint density at radius 2 is 2.03 bits per heavy atom. The molecule has 4 heterocycles. The Hall–Kier alpha value is -3.36. The van der Waals surface area contributed by atoms with Gasteiger partial charge >= 0.3 is 0 Å². The van der Waals surface area contributed by atoms with E-state index in [-0.39, 0.29) is 5.91 Å². The number of hydrogen-bond acceptors (Lipinski definition) is 4. The fraction of sp³-hybridized carbons (Fsp3) is 0.240. The molecule has 0 bridgehead atoms. The van der Waals surface area contributed by atoms with Gasteiger partial charge in [0.2, 0.25) is 5.69 Å². The van der Waals surface area contributed by atoms with Crippen LogP contribution in [0.25, 0.3) is 16.9 Å². The van der Waals surface area contributed by atoms with Gasteiger partial charge in [-0.1, -0.05) is 28.9 Å². The molecule has 1 amide bonds. The van der Waals surface area contributed by atoms with E-state index < -0.39 is 0 Å². The Bertz CT molecular complexity index is 1310. The van der Waals surface area contributed by atoms with E-state index >= 15 is 0 Å². The summed E-state index contributed by atoms with van der Waals surface area (Å²) in [5, 5.41) is 3.48. The van der Waals surface area contributed by atoms with E-state index in [1.54, 1.807) is 18.0 Å². The summed E-state index contributed by atoms with van der Waals surface area (Å²) >= 11 is 1.79. The van der Waals surface area contributed by atoms with Gasteiger partial charge in [-0.15, -0.1) is 11.8 Å². The first-order valence-electron chi connectivity index (χ1n) is 11.1. The molecule has 8 heteroatoms. The van der Waals surface area contributed by atoms with E-state index in [0.717, 1.165) is 34.8 Å². The second kappa shape index (κ2) is 8.53. The molecule has 0 radical (unpaired) electrons. The third-order valence-electron chi connectivity index (χ3n) is 6.15.